The minimum absolute atomic E-state index is 0.0172. The summed E-state index contributed by atoms with van der Waals surface area (Å²) >= 11 is 0. The molecule has 0 saturated carbocycles. The normalized spacial score (nSPS) is 17.5. The lowest BCUT2D eigenvalue weighted by Crippen LogP contribution is -1.88. The average molecular weight is 220 g/mol. The Balaban J connectivity index is 1.99. The highest BCUT2D eigenvalue weighted by molar-refractivity contribution is 5.64. The maximum atomic E-state index is 4.37. The van der Waals surface area contributed by atoms with Crippen LogP contribution in [-0.2, 0) is 0 Å². The van der Waals surface area contributed by atoms with Gasteiger partial charge in [0.05, 0.1) is 5.69 Å². The van der Waals surface area contributed by atoms with Gasteiger partial charge < -0.3 is 0 Å². The van der Waals surface area contributed by atoms with Crippen LogP contribution in [0.25, 0.3) is 6.08 Å². The first-order valence-corrected chi connectivity index (χ1v) is 5.66. The number of hydrogen-bond donors (Lipinski definition) is 0. The Morgan fingerprint density at radius 2 is 1.59 bits per heavy atom. The van der Waals surface area contributed by atoms with E-state index in [1.807, 2.05) is 36.4 Å². The van der Waals surface area contributed by atoms with Gasteiger partial charge in [-0.25, -0.2) is 0 Å². The van der Waals surface area contributed by atoms with Crippen molar-refractivity contribution >= 4 is 11.8 Å². The van der Waals surface area contributed by atoms with Gasteiger partial charge in [0.25, 0.3) is 0 Å². The molecule has 0 fully saturated rings. The van der Waals surface area contributed by atoms with E-state index in [0.717, 1.165) is 11.3 Å². The van der Waals surface area contributed by atoms with Gasteiger partial charge in [-0.15, -0.1) is 0 Å². The zero-order valence-corrected chi connectivity index (χ0v) is 9.32. The van der Waals surface area contributed by atoms with E-state index >= 15 is 0 Å². The predicted octanol–water partition coefficient (Wildman–Crippen LogP) is 4.54. The van der Waals surface area contributed by atoms with Crippen LogP contribution in [0.2, 0.25) is 0 Å². The summed E-state index contributed by atoms with van der Waals surface area (Å²) in [4.78, 5) is 0. The van der Waals surface area contributed by atoms with Crippen LogP contribution >= 0.6 is 0 Å². The van der Waals surface area contributed by atoms with Gasteiger partial charge in [0.15, 0.2) is 0 Å². The molecule has 1 aliphatic heterocycles. The first-order valence-electron chi connectivity index (χ1n) is 5.66. The zero-order chi connectivity index (χ0) is 11.5. The fourth-order valence-corrected chi connectivity index (χ4v) is 1.91. The summed E-state index contributed by atoms with van der Waals surface area (Å²) in [6, 6.07) is 18.3. The van der Waals surface area contributed by atoms with Crippen molar-refractivity contribution in [2.75, 3.05) is 0 Å². The second kappa shape index (κ2) is 4.34. The highest BCUT2D eigenvalue weighted by Crippen LogP contribution is 2.29. The topological polar surface area (TPSA) is 24.7 Å². The third-order valence-electron chi connectivity index (χ3n) is 2.83. The third-order valence-corrected chi connectivity index (χ3v) is 2.83. The van der Waals surface area contributed by atoms with Crippen LogP contribution in [0.1, 0.15) is 17.2 Å². The summed E-state index contributed by atoms with van der Waals surface area (Å²) in [7, 11) is 0. The summed E-state index contributed by atoms with van der Waals surface area (Å²) < 4.78 is 0. The largest absolute Gasteiger partial charge is 0.176 e. The Morgan fingerprint density at radius 3 is 2.47 bits per heavy atom. The van der Waals surface area contributed by atoms with Gasteiger partial charge in [-0.1, -0.05) is 60.7 Å². The summed E-state index contributed by atoms with van der Waals surface area (Å²) in [5, 5.41) is 8.68. The molecular formula is C15H12N2. The van der Waals surface area contributed by atoms with Crippen molar-refractivity contribution in [3.63, 3.8) is 0 Å². The van der Waals surface area contributed by atoms with E-state index in [0.29, 0.717) is 0 Å². The monoisotopic (exact) mass is 220 g/mol. The second-order valence-electron chi connectivity index (χ2n) is 3.99. The number of hydrogen-bond acceptors (Lipinski definition) is 2. The molecule has 0 amide bonds. The Kier molecular flexibility index (Phi) is 2.54. The van der Waals surface area contributed by atoms with Crippen LogP contribution in [0.4, 0.5) is 5.69 Å². The number of azo groups is 1. The maximum Gasteiger partial charge on any atom is 0.115 e. The number of fused-ring (bicyclic) bond motifs is 1. The zero-order valence-electron chi connectivity index (χ0n) is 9.32. The highest BCUT2D eigenvalue weighted by atomic mass is 15.1. The van der Waals surface area contributed by atoms with Crippen molar-refractivity contribution in [1.82, 2.24) is 0 Å². The Hall–Kier alpha value is -2.22. The SMILES string of the molecule is C1=CC(c2ccccc2)N=Nc2ccccc21. The molecule has 0 aliphatic carbocycles. The van der Waals surface area contributed by atoms with Gasteiger partial charge in [0.2, 0.25) is 0 Å². The number of benzene rings is 2. The molecule has 82 valence electrons. The van der Waals surface area contributed by atoms with E-state index in [9.17, 15) is 0 Å². The van der Waals surface area contributed by atoms with E-state index in [-0.39, 0.29) is 6.04 Å². The number of nitrogens with zero attached hydrogens (tertiary/aromatic N) is 2. The molecule has 2 nitrogen and oxygen atoms in total. The van der Waals surface area contributed by atoms with Crippen molar-refractivity contribution < 1.29 is 0 Å². The van der Waals surface area contributed by atoms with E-state index in [1.165, 1.54) is 5.56 Å². The minimum Gasteiger partial charge on any atom is -0.176 e. The lowest BCUT2D eigenvalue weighted by molar-refractivity contribution is 0.847. The van der Waals surface area contributed by atoms with E-state index in [4.69, 9.17) is 0 Å². The molecule has 1 aliphatic rings. The molecule has 0 radical (unpaired) electrons. The van der Waals surface area contributed by atoms with E-state index in [2.05, 4.69) is 40.6 Å². The van der Waals surface area contributed by atoms with Crippen LogP contribution in [0.5, 0.6) is 0 Å². The van der Waals surface area contributed by atoms with Gasteiger partial charge >= 0.3 is 0 Å². The minimum atomic E-state index is 0.0172. The molecule has 0 bridgehead atoms. The van der Waals surface area contributed by atoms with Crippen LogP contribution in [-0.4, -0.2) is 0 Å². The second-order valence-corrected chi connectivity index (χ2v) is 3.99. The first kappa shape index (κ1) is 9.97. The van der Waals surface area contributed by atoms with Gasteiger partial charge in [-0.2, -0.15) is 10.2 Å². The van der Waals surface area contributed by atoms with Crippen molar-refractivity contribution in [3.05, 3.63) is 71.8 Å². The predicted molar refractivity (Wildman–Crippen MR) is 69.2 cm³/mol. The Labute approximate surface area is 100 Å². The molecule has 2 aromatic rings. The molecule has 0 spiro atoms. The summed E-state index contributed by atoms with van der Waals surface area (Å²) in [6.07, 6.45) is 4.18. The van der Waals surface area contributed by atoms with Crippen LogP contribution in [0.3, 0.4) is 0 Å². The number of rotatable bonds is 1. The molecular weight excluding hydrogens is 208 g/mol. The highest BCUT2D eigenvalue weighted by Gasteiger charge is 2.09. The van der Waals surface area contributed by atoms with Crippen LogP contribution in [0, 0.1) is 0 Å². The fourth-order valence-electron chi connectivity index (χ4n) is 1.91. The van der Waals surface area contributed by atoms with Crippen molar-refractivity contribution in [2.45, 2.75) is 6.04 Å². The average Bonchev–Trinajstić information content (AvgIpc) is 2.62. The van der Waals surface area contributed by atoms with Gasteiger partial charge in [0.1, 0.15) is 6.04 Å². The quantitative estimate of drug-likeness (QED) is 0.674. The smallest absolute Gasteiger partial charge is 0.115 e. The van der Waals surface area contributed by atoms with Crippen molar-refractivity contribution in [1.29, 1.82) is 0 Å². The molecule has 0 aromatic heterocycles. The Morgan fingerprint density at radius 1 is 0.824 bits per heavy atom. The standard InChI is InChI=1S/C15H12N2/c1-2-6-12(7-3-1)15-11-10-13-8-4-5-9-14(13)16-17-15/h1-11,15H. The lowest BCUT2D eigenvalue weighted by atomic mass is 10.1. The molecule has 1 atom stereocenters. The van der Waals surface area contributed by atoms with Crippen molar-refractivity contribution in [2.24, 2.45) is 10.2 Å². The lowest BCUT2D eigenvalue weighted by Gasteiger charge is -2.04. The molecule has 2 heteroatoms. The molecule has 3 rings (SSSR count). The fraction of sp³-hybridized carbons (Fsp3) is 0.0667. The third kappa shape index (κ3) is 2.02. The Bertz CT molecular complexity index is 537. The molecule has 0 N–H and O–H groups in total. The first-order chi connectivity index (χ1) is 8.43. The van der Waals surface area contributed by atoms with E-state index in [1.54, 1.807) is 0 Å². The van der Waals surface area contributed by atoms with E-state index < -0.39 is 0 Å². The molecule has 1 unspecified atom stereocenters. The maximum absolute atomic E-state index is 4.37. The summed E-state index contributed by atoms with van der Waals surface area (Å²) in [6.45, 7) is 0. The van der Waals surface area contributed by atoms with Crippen molar-refractivity contribution in [3.8, 4) is 0 Å². The molecule has 1 heterocycles. The van der Waals surface area contributed by atoms with Gasteiger partial charge in [0, 0.05) is 5.56 Å². The van der Waals surface area contributed by atoms with Gasteiger partial charge in [-0.05, 0) is 11.6 Å². The van der Waals surface area contributed by atoms with Crippen LogP contribution in [0.15, 0.2) is 70.9 Å². The molecule has 2 aromatic carbocycles. The van der Waals surface area contributed by atoms with Crippen LogP contribution < -0.4 is 0 Å². The molecule has 17 heavy (non-hydrogen) atoms. The molecule has 0 saturated heterocycles. The summed E-state index contributed by atoms with van der Waals surface area (Å²) in [5.74, 6) is 0. The summed E-state index contributed by atoms with van der Waals surface area (Å²) in [5.41, 5.74) is 3.22. The van der Waals surface area contributed by atoms with Gasteiger partial charge in [-0.3, -0.25) is 0 Å².